The molecule has 0 aliphatic rings. The lowest BCUT2D eigenvalue weighted by molar-refractivity contribution is 0.882. The van der Waals surface area contributed by atoms with Crippen molar-refractivity contribution in [2.24, 2.45) is 0 Å². The van der Waals surface area contributed by atoms with Gasteiger partial charge in [-0.1, -0.05) is 29.7 Å². The van der Waals surface area contributed by atoms with E-state index in [0.29, 0.717) is 11.6 Å². The summed E-state index contributed by atoms with van der Waals surface area (Å²) in [5.41, 5.74) is 3.00. The van der Waals surface area contributed by atoms with Crippen LogP contribution in [0.1, 0.15) is 0 Å². The van der Waals surface area contributed by atoms with E-state index in [1.165, 1.54) is 0 Å². The van der Waals surface area contributed by atoms with Crippen molar-refractivity contribution in [2.45, 2.75) is 6.54 Å². The summed E-state index contributed by atoms with van der Waals surface area (Å²) in [7, 11) is 0. The SMILES string of the molecule is C#CCn1c(-c2ccc(Cl)cc2)nc2ccccc21. The van der Waals surface area contributed by atoms with Crippen LogP contribution in [0.15, 0.2) is 48.5 Å². The third kappa shape index (κ3) is 2.09. The van der Waals surface area contributed by atoms with Crippen molar-refractivity contribution < 1.29 is 0 Å². The molecule has 0 fully saturated rings. The van der Waals surface area contributed by atoms with Gasteiger partial charge >= 0.3 is 0 Å². The first kappa shape index (κ1) is 11.8. The highest BCUT2D eigenvalue weighted by Gasteiger charge is 2.11. The van der Waals surface area contributed by atoms with Crippen LogP contribution in [0.5, 0.6) is 0 Å². The van der Waals surface area contributed by atoms with Gasteiger partial charge in [0.25, 0.3) is 0 Å². The van der Waals surface area contributed by atoms with Crippen molar-refractivity contribution in [3.05, 3.63) is 53.6 Å². The summed E-state index contributed by atoms with van der Waals surface area (Å²) in [5.74, 6) is 3.55. The first-order valence-corrected chi connectivity index (χ1v) is 6.32. The van der Waals surface area contributed by atoms with Gasteiger partial charge in [-0.3, -0.25) is 0 Å². The monoisotopic (exact) mass is 266 g/mol. The molecule has 0 N–H and O–H groups in total. The van der Waals surface area contributed by atoms with Gasteiger partial charge in [0, 0.05) is 10.6 Å². The minimum Gasteiger partial charge on any atom is -0.312 e. The molecule has 3 aromatic rings. The maximum atomic E-state index is 5.92. The summed E-state index contributed by atoms with van der Waals surface area (Å²) in [6.07, 6.45) is 5.46. The number of hydrogen-bond donors (Lipinski definition) is 0. The summed E-state index contributed by atoms with van der Waals surface area (Å²) >= 11 is 5.92. The number of aromatic nitrogens is 2. The Bertz CT molecular complexity index is 764. The summed E-state index contributed by atoms with van der Waals surface area (Å²) < 4.78 is 2.04. The molecule has 0 aliphatic heterocycles. The van der Waals surface area contributed by atoms with Gasteiger partial charge < -0.3 is 4.57 Å². The van der Waals surface area contributed by atoms with Gasteiger partial charge in [-0.05, 0) is 36.4 Å². The van der Waals surface area contributed by atoms with Gasteiger partial charge in [-0.25, -0.2) is 4.98 Å². The lowest BCUT2D eigenvalue weighted by Crippen LogP contribution is -1.98. The molecule has 0 unspecified atom stereocenters. The van der Waals surface area contributed by atoms with Crippen molar-refractivity contribution >= 4 is 22.6 Å². The molecule has 0 saturated carbocycles. The second-order valence-corrected chi connectivity index (χ2v) is 4.66. The molecule has 0 saturated heterocycles. The van der Waals surface area contributed by atoms with Crippen LogP contribution in [0.3, 0.4) is 0 Å². The van der Waals surface area contributed by atoms with Gasteiger partial charge in [0.15, 0.2) is 0 Å². The first-order chi connectivity index (χ1) is 9.29. The third-order valence-electron chi connectivity index (χ3n) is 3.01. The number of nitrogens with zero attached hydrogens (tertiary/aromatic N) is 2. The maximum absolute atomic E-state index is 5.92. The van der Waals surface area contributed by atoms with Crippen LogP contribution < -0.4 is 0 Å². The molecule has 19 heavy (non-hydrogen) atoms. The zero-order chi connectivity index (χ0) is 13.2. The van der Waals surface area contributed by atoms with E-state index in [1.807, 2.05) is 53.1 Å². The number of para-hydroxylation sites is 2. The van der Waals surface area contributed by atoms with E-state index in [4.69, 9.17) is 18.0 Å². The molecule has 0 spiro atoms. The molecule has 2 nitrogen and oxygen atoms in total. The molecule has 1 heterocycles. The smallest absolute Gasteiger partial charge is 0.141 e. The van der Waals surface area contributed by atoms with Crippen LogP contribution in [0.25, 0.3) is 22.4 Å². The second kappa shape index (κ2) is 4.79. The molecule has 3 rings (SSSR count). The molecule has 1 aromatic heterocycles. The van der Waals surface area contributed by atoms with Crippen LogP contribution in [-0.2, 0) is 6.54 Å². The number of terminal acetylenes is 1. The van der Waals surface area contributed by atoms with Crippen molar-refractivity contribution in [1.82, 2.24) is 9.55 Å². The molecule has 92 valence electrons. The molecule has 0 radical (unpaired) electrons. The van der Waals surface area contributed by atoms with E-state index in [2.05, 4.69) is 10.9 Å². The predicted octanol–water partition coefficient (Wildman–Crippen LogP) is 3.99. The van der Waals surface area contributed by atoms with Crippen molar-refractivity contribution in [3.63, 3.8) is 0 Å². The molecule has 0 aliphatic carbocycles. The summed E-state index contributed by atoms with van der Waals surface area (Å²) in [6.45, 7) is 0.498. The van der Waals surface area contributed by atoms with E-state index in [0.717, 1.165) is 22.4 Å². The van der Waals surface area contributed by atoms with Crippen LogP contribution in [0.4, 0.5) is 0 Å². The van der Waals surface area contributed by atoms with Gasteiger partial charge in [-0.2, -0.15) is 0 Å². The highest BCUT2D eigenvalue weighted by Crippen LogP contribution is 2.25. The highest BCUT2D eigenvalue weighted by molar-refractivity contribution is 6.30. The lowest BCUT2D eigenvalue weighted by atomic mass is 10.2. The van der Waals surface area contributed by atoms with Crippen molar-refractivity contribution in [2.75, 3.05) is 0 Å². The fourth-order valence-electron chi connectivity index (χ4n) is 2.15. The molecular weight excluding hydrogens is 256 g/mol. The van der Waals surface area contributed by atoms with E-state index in [9.17, 15) is 0 Å². The van der Waals surface area contributed by atoms with Crippen molar-refractivity contribution in [3.8, 4) is 23.7 Å². The summed E-state index contributed by atoms with van der Waals surface area (Å²) in [4.78, 5) is 4.66. The summed E-state index contributed by atoms with van der Waals surface area (Å²) in [6, 6.07) is 15.6. The molecular formula is C16H11ClN2. The Kier molecular flexibility index (Phi) is 2.98. The van der Waals surface area contributed by atoms with Crippen molar-refractivity contribution in [1.29, 1.82) is 0 Å². The zero-order valence-electron chi connectivity index (χ0n) is 10.2. The van der Waals surface area contributed by atoms with Crippen LogP contribution in [0.2, 0.25) is 5.02 Å². The van der Waals surface area contributed by atoms with Crippen LogP contribution in [0, 0.1) is 12.3 Å². The van der Waals surface area contributed by atoms with Crippen LogP contribution in [-0.4, -0.2) is 9.55 Å². The number of hydrogen-bond acceptors (Lipinski definition) is 1. The standard InChI is InChI=1S/C16H11ClN2/c1-2-11-19-15-6-4-3-5-14(15)18-16(19)12-7-9-13(17)10-8-12/h1,3-10H,11H2. The minimum absolute atomic E-state index is 0.498. The van der Waals surface area contributed by atoms with Crippen LogP contribution >= 0.6 is 11.6 Å². The number of benzene rings is 2. The Labute approximate surface area is 116 Å². The number of imidazole rings is 1. The van der Waals surface area contributed by atoms with Gasteiger partial charge in [0.1, 0.15) is 5.82 Å². The van der Waals surface area contributed by atoms with Gasteiger partial charge in [0.2, 0.25) is 0 Å². The predicted molar refractivity (Wildman–Crippen MR) is 79.0 cm³/mol. The third-order valence-corrected chi connectivity index (χ3v) is 3.26. The largest absolute Gasteiger partial charge is 0.312 e. The lowest BCUT2D eigenvalue weighted by Gasteiger charge is -2.05. The average molecular weight is 267 g/mol. The summed E-state index contributed by atoms with van der Waals surface area (Å²) in [5, 5.41) is 0.711. The number of halogens is 1. The second-order valence-electron chi connectivity index (χ2n) is 4.22. The quantitative estimate of drug-likeness (QED) is 0.641. The Hall–Kier alpha value is -2.24. The average Bonchev–Trinajstić information content (AvgIpc) is 2.79. The fraction of sp³-hybridized carbons (Fsp3) is 0.0625. The molecule has 0 amide bonds. The van der Waals surface area contributed by atoms with E-state index in [-0.39, 0.29) is 0 Å². The number of rotatable bonds is 2. The zero-order valence-corrected chi connectivity index (χ0v) is 10.9. The fourth-order valence-corrected chi connectivity index (χ4v) is 2.27. The van der Waals surface area contributed by atoms with E-state index < -0.39 is 0 Å². The Morgan fingerprint density at radius 3 is 2.58 bits per heavy atom. The number of fused-ring (bicyclic) bond motifs is 1. The first-order valence-electron chi connectivity index (χ1n) is 5.94. The molecule has 3 heteroatoms. The molecule has 0 atom stereocenters. The Morgan fingerprint density at radius 2 is 1.84 bits per heavy atom. The highest BCUT2D eigenvalue weighted by atomic mass is 35.5. The van der Waals surface area contributed by atoms with Gasteiger partial charge in [0.05, 0.1) is 17.6 Å². The van der Waals surface area contributed by atoms with Gasteiger partial charge in [-0.15, -0.1) is 6.42 Å². The topological polar surface area (TPSA) is 17.8 Å². The van der Waals surface area contributed by atoms with E-state index in [1.54, 1.807) is 0 Å². The Balaban J connectivity index is 2.25. The molecule has 0 bridgehead atoms. The minimum atomic E-state index is 0.498. The molecule has 2 aromatic carbocycles. The van der Waals surface area contributed by atoms with E-state index >= 15 is 0 Å². The maximum Gasteiger partial charge on any atom is 0.141 e. The Morgan fingerprint density at radius 1 is 1.11 bits per heavy atom. The normalized spacial score (nSPS) is 10.5.